The fourth-order valence-corrected chi connectivity index (χ4v) is 2.21. The van der Waals surface area contributed by atoms with E-state index in [1.807, 2.05) is 0 Å². The van der Waals surface area contributed by atoms with Gasteiger partial charge in [-0.3, -0.25) is 0 Å². The van der Waals surface area contributed by atoms with Gasteiger partial charge in [-0.15, -0.1) is 0 Å². The monoisotopic (exact) mass is 205 g/mol. The second-order valence-corrected chi connectivity index (χ2v) is 4.33. The van der Waals surface area contributed by atoms with Gasteiger partial charge in [0.2, 0.25) is 0 Å². The molecule has 0 radical (unpaired) electrons. The normalized spacial score (nSPS) is 16.7. The molecule has 0 amide bonds. The van der Waals surface area contributed by atoms with E-state index in [1.54, 1.807) is 7.11 Å². The summed E-state index contributed by atoms with van der Waals surface area (Å²) in [6, 6.07) is 6.96. The fraction of sp³-hybridized carbons (Fsp3) is 0.538. The number of methoxy groups -OCH3 is 1. The van der Waals surface area contributed by atoms with E-state index in [9.17, 15) is 0 Å². The van der Waals surface area contributed by atoms with Crippen molar-refractivity contribution in [3.8, 4) is 5.75 Å². The molecule has 2 heteroatoms. The SMILES string of the molecule is COc1cc(C)ccc1NC1CCCC1. The lowest BCUT2D eigenvalue weighted by Gasteiger charge is -2.16. The molecule has 1 aromatic carbocycles. The quantitative estimate of drug-likeness (QED) is 0.817. The molecule has 0 aliphatic heterocycles. The molecule has 15 heavy (non-hydrogen) atoms. The Morgan fingerprint density at radius 1 is 1.27 bits per heavy atom. The third kappa shape index (κ3) is 2.44. The van der Waals surface area contributed by atoms with Crippen molar-refractivity contribution in [1.29, 1.82) is 0 Å². The van der Waals surface area contributed by atoms with Gasteiger partial charge in [0.05, 0.1) is 12.8 Å². The number of rotatable bonds is 3. The fourth-order valence-electron chi connectivity index (χ4n) is 2.21. The maximum Gasteiger partial charge on any atom is 0.142 e. The first-order chi connectivity index (χ1) is 7.29. The van der Waals surface area contributed by atoms with Crippen LogP contribution in [-0.4, -0.2) is 13.2 Å². The van der Waals surface area contributed by atoms with Crippen LogP contribution in [0.5, 0.6) is 5.75 Å². The van der Waals surface area contributed by atoms with E-state index in [0.717, 1.165) is 11.4 Å². The number of nitrogens with one attached hydrogen (secondary N) is 1. The van der Waals surface area contributed by atoms with E-state index in [0.29, 0.717) is 6.04 Å². The van der Waals surface area contributed by atoms with Crippen LogP contribution in [0.1, 0.15) is 31.2 Å². The molecule has 0 heterocycles. The first kappa shape index (κ1) is 10.3. The van der Waals surface area contributed by atoms with Crippen LogP contribution in [0.3, 0.4) is 0 Å². The van der Waals surface area contributed by atoms with Crippen molar-refractivity contribution in [2.24, 2.45) is 0 Å². The second-order valence-electron chi connectivity index (χ2n) is 4.33. The summed E-state index contributed by atoms with van der Waals surface area (Å²) in [5.74, 6) is 0.960. The van der Waals surface area contributed by atoms with Gasteiger partial charge < -0.3 is 10.1 Å². The highest BCUT2D eigenvalue weighted by molar-refractivity contribution is 5.58. The summed E-state index contributed by atoms with van der Waals surface area (Å²) in [7, 11) is 1.73. The molecular formula is C13H19NO. The Morgan fingerprint density at radius 2 is 2.00 bits per heavy atom. The Kier molecular flexibility index (Phi) is 3.14. The molecule has 0 unspecified atom stereocenters. The van der Waals surface area contributed by atoms with Crippen LogP contribution in [0.15, 0.2) is 18.2 Å². The standard InChI is InChI=1S/C13H19NO/c1-10-7-8-12(13(9-10)15-2)14-11-5-3-4-6-11/h7-9,11,14H,3-6H2,1-2H3. The van der Waals surface area contributed by atoms with Crippen LogP contribution in [0.4, 0.5) is 5.69 Å². The second kappa shape index (κ2) is 4.56. The minimum atomic E-state index is 0.640. The summed E-state index contributed by atoms with van der Waals surface area (Å²) >= 11 is 0. The van der Waals surface area contributed by atoms with Gasteiger partial charge in [0.25, 0.3) is 0 Å². The van der Waals surface area contributed by atoms with Crippen LogP contribution >= 0.6 is 0 Å². The maximum absolute atomic E-state index is 5.37. The molecule has 0 atom stereocenters. The summed E-state index contributed by atoms with van der Waals surface area (Å²) in [4.78, 5) is 0. The Balaban J connectivity index is 2.12. The first-order valence-electron chi connectivity index (χ1n) is 5.71. The van der Waals surface area contributed by atoms with Crippen molar-refractivity contribution in [3.05, 3.63) is 23.8 Å². The van der Waals surface area contributed by atoms with Crippen LogP contribution in [0, 0.1) is 6.92 Å². The van der Waals surface area contributed by atoms with Gasteiger partial charge in [-0.25, -0.2) is 0 Å². The summed E-state index contributed by atoms with van der Waals surface area (Å²) < 4.78 is 5.37. The van der Waals surface area contributed by atoms with Crippen molar-refractivity contribution in [3.63, 3.8) is 0 Å². The molecule has 0 aromatic heterocycles. The van der Waals surface area contributed by atoms with Crippen molar-refractivity contribution in [2.45, 2.75) is 38.6 Å². The highest BCUT2D eigenvalue weighted by atomic mass is 16.5. The van der Waals surface area contributed by atoms with E-state index >= 15 is 0 Å². The van der Waals surface area contributed by atoms with Crippen LogP contribution in [0.25, 0.3) is 0 Å². The summed E-state index contributed by atoms with van der Waals surface area (Å²) in [5.41, 5.74) is 2.37. The number of anilines is 1. The lowest BCUT2D eigenvalue weighted by Crippen LogP contribution is -2.15. The average molecular weight is 205 g/mol. The van der Waals surface area contributed by atoms with Crippen molar-refractivity contribution >= 4 is 5.69 Å². The first-order valence-corrected chi connectivity index (χ1v) is 5.71. The molecule has 2 rings (SSSR count). The third-order valence-corrected chi connectivity index (χ3v) is 3.07. The topological polar surface area (TPSA) is 21.3 Å². The predicted molar refractivity (Wildman–Crippen MR) is 63.6 cm³/mol. The van der Waals surface area contributed by atoms with E-state index in [1.165, 1.54) is 31.2 Å². The average Bonchev–Trinajstić information content (AvgIpc) is 2.73. The summed E-state index contributed by atoms with van der Waals surface area (Å²) in [6.07, 6.45) is 5.28. The zero-order valence-electron chi connectivity index (χ0n) is 9.55. The molecule has 1 saturated carbocycles. The summed E-state index contributed by atoms with van der Waals surface area (Å²) in [6.45, 7) is 2.09. The predicted octanol–water partition coefficient (Wildman–Crippen LogP) is 3.36. The van der Waals surface area contributed by atoms with E-state index in [4.69, 9.17) is 4.74 Å². The third-order valence-electron chi connectivity index (χ3n) is 3.07. The molecule has 1 aromatic rings. The molecule has 0 saturated heterocycles. The molecule has 1 fully saturated rings. The van der Waals surface area contributed by atoms with Gasteiger partial charge >= 0.3 is 0 Å². The number of hydrogen-bond acceptors (Lipinski definition) is 2. The zero-order chi connectivity index (χ0) is 10.7. The number of hydrogen-bond donors (Lipinski definition) is 1. The van der Waals surface area contributed by atoms with Crippen LogP contribution < -0.4 is 10.1 Å². The minimum absolute atomic E-state index is 0.640. The molecule has 1 aliphatic rings. The molecule has 1 aliphatic carbocycles. The lowest BCUT2D eigenvalue weighted by molar-refractivity contribution is 0.415. The number of ether oxygens (including phenoxy) is 1. The molecule has 82 valence electrons. The van der Waals surface area contributed by atoms with Gasteiger partial charge in [0.15, 0.2) is 0 Å². The molecular weight excluding hydrogens is 186 g/mol. The highest BCUT2D eigenvalue weighted by Crippen LogP contribution is 2.29. The lowest BCUT2D eigenvalue weighted by atomic mass is 10.2. The van der Waals surface area contributed by atoms with Gasteiger partial charge in [-0.05, 0) is 37.5 Å². The summed E-state index contributed by atoms with van der Waals surface area (Å²) in [5, 5.41) is 3.56. The van der Waals surface area contributed by atoms with Crippen LogP contribution in [-0.2, 0) is 0 Å². The Labute approximate surface area is 91.6 Å². The maximum atomic E-state index is 5.37. The van der Waals surface area contributed by atoms with Crippen molar-refractivity contribution in [2.75, 3.05) is 12.4 Å². The van der Waals surface area contributed by atoms with Gasteiger partial charge in [0.1, 0.15) is 5.75 Å². The van der Waals surface area contributed by atoms with Crippen LogP contribution in [0.2, 0.25) is 0 Å². The number of benzene rings is 1. The molecule has 0 spiro atoms. The van der Waals surface area contributed by atoms with Gasteiger partial charge in [-0.1, -0.05) is 18.9 Å². The van der Waals surface area contributed by atoms with Gasteiger partial charge in [0, 0.05) is 6.04 Å². The highest BCUT2D eigenvalue weighted by Gasteiger charge is 2.15. The van der Waals surface area contributed by atoms with Crippen molar-refractivity contribution < 1.29 is 4.74 Å². The van der Waals surface area contributed by atoms with E-state index < -0.39 is 0 Å². The Hall–Kier alpha value is -1.18. The van der Waals surface area contributed by atoms with E-state index in [-0.39, 0.29) is 0 Å². The van der Waals surface area contributed by atoms with Crippen molar-refractivity contribution in [1.82, 2.24) is 0 Å². The molecule has 2 nitrogen and oxygen atoms in total. The molecule has 1 N–H and O–H groups in total. The van der Waals surface area contributed by atoms with Gasteiger partial charge in [-0.2, -0.15) is 0 Å². The number of aryl methyl sites for hydroxylation is 1. The Morgan fingerprint density at radius 3 is 2.67 bits per heavy atom. The van der Waals surface area contributed by atoms with E-state index in [2.05, 4.69) is 30.4 Å². The Bertz CT molecular complexity index is 329. The minimum Gasteiger partial charge on any atom is -0.495 e. The zero-order valence-corrected chi connectivity index (χ0v) is 9.55. The largest absolute Gasteiger partial charge is 0.495 e. The smallest absolute Gasteiger partial charge is 0.142 e. The molecule has 0 bridgehead atoms.